The van der Waals surface area contributed by atoms with Gasteiger partial charge in [-0.05, 0) is 27.3 Å². The number of carboxylic acids is 1. The molecule has 3 aromatic rings. The third kappa shape index (κ3) is 3.70. The van der Waals surface area contributed by atoms with Crippen LogP contribution >= 0.6 is 0 Å². The summed E-state index contributed by atoms with van der Waals surface area (Å²) in [5.74, 6) is -0.560. The number of carboxylic acid groups (broad SMARTS) is 1. The van der Waals surface area contributed by atoms with E-state index >= 15 is 0 Å². The van der Waals surface area contributed by atoms with Gasteiger partial charge in [0.1, 0.15) is 12.5 Å². The van der Waals surface area contributed by atoms with Gasteiger partial charge >= 0.3 is 5.97 Å². The highest BCUT2D eigenvalue weighted by molar-refractivity contribution is 6.05. The van der Waals surface area contributed by atoms with E-state index in [4.69, 9.17) is 18.9 Å². The summed E-state index contributed by atoms with van der Waals surface area (Å²) >= 11 is 0. The highest BCUT2D eigenvalue weighted by Crippen LogP contribution is 2.42. The van der Waals surface area contributed by atoms with Crippen molar-refractivity contribution in [2.45, 2.75) is 12.0 Å². The smallest absolute Gasteiger partial charge is 0.341 e. The van der Waals surface area contributed by atoms with Gasteiger partial charge in [0.2, 0.25) is 0 Å². The van der Waals surface area contributed by atoms with Gasteiger partial charge < -0.3 is 24.1 Å². The van der Waals surface area contributed by atoms with E-state index in [0.717, 1.165) is 21.2 Å². The molecule has 0 heterocycles. The molecule has 0 saturated heterocycles. The number of hydrogen-bond acceptors (Lipinski definition) is 5. The summed E-state index contributed by atoms with van der Waals surface area (Å²) in [5.41, 5.74) is -0.424. The van der Waals surface area contributed by atoms with Gasteiger partial charge in [-0.25, -0.2) is 4.79 Å². The summed E-state index contributed by atoms with van der Waals surface area (Å²) in [6.07, 6.45) is 2.05. The average molecular weight is 420 g/mol. The van der Waals surface area contributed by atoms with Crippen LogP contribution in [0.25, 0.3) is 22.4 Å². The lowest BCUT2D eigenvalue weighted by molar-refractivity contribution is -0.169. The van der Waals surface area contributed by atoms with Crippen molar-refractivity contribution in [3.63, 3.8) is 0 Å². The third-order valence-corrected chi connectivity index (χ3v) is 5.49. The number of methoxy groups -OCH3 is 2. The highest BCUT2D eigenvalue weighted by atomic mass is 16.7. The van der Waals surface area contributed by atoms with E-state index in [1.165, 1.54) is 7.11 Å². The van der Waals surface area contributed by atoms with Gasteiger partial charge in [0.25, 0.3) is 0 Å². The number of aliphatic carboxylic acids is 1. The second-order valence-corrected chi connectivity index (χ2v) is 7.26. The second kappa shape index (κ2) is 8.89. The van der Waals surface area contributed by atoms with Gasteiger partial charge in [-0.15, -0.1) is 0 Å². The summed E-state index contributed by atoms with van der Waals surface area (Å²) in [5, 5.41) is 14.0. The highest BCUT2D eigenvalue weighted by Gasteiger charge is 2.46. The molecule has 1 N–H and O–H groups in total. The fourth-order valence-corrected chi connectivity index (χ4v) is 4.11. The molecule has 0 fully saturated rings. The normalized spacial score (nSPS) is 17.8. The quantitative estimate of drug-likeness (QED) is 0.565. The number of carbonyl (C=O) groups is 1. The number of ether oxygens (including phenoxy) is 4. The molecule has 0 spiro atoms. The van der Waals surface area contributed by atoms with E-state index in [1.807, 2.05) is 66.7 Å². The molecule has 1 atom stereocenters. The molecule has 0 aromatic heterocycles. The van der Waals surface area contributed by atoms with Crippen LogP contribution in [0, 0.1) is 0 Å². The number of benzene rings is 3. The molecule has 31 heavy (non-hydrogen) atoms. The minimum Gasteiger partial charge on any atom is -0.479 e. The summed E-state index contributed by atoms with van der Waals surface area (Å²) in [6, 6.07) is 19.3. The van der Waals surface area contributed by atoms with E-state index in [9.17, 15) is 9.90 Å². The van der Waals surface area contributed by atoms with E-state index in [2.05, 4.69) is 0 Å². The van der Waals surface area contributed by atoms with Crippen LogP contribution in [-0.2, 0) is 19.0 Å². The Morgan fingerprint density at radius 2 is 1.71 bits per heavy atom. The number of hydrogen-bond donors (Lipinski definition) is 1. The van der Waals surface area contributed by atoms with Crippen molar-refractivity contribution in [2.75, 3.05) is 27.8 Å². The SMILES string of the molecule is COCOc1ccc2ccccc2c1C1=c2ccccc2=CC[C@@]1(OCOC)C(=O)O. The van der Waals surface area contributed by atoms with Gasteiger partial charge in [0.15, 0.2) is 12.4 Å². The van der Waals surface area contributed by atoms with Gasteiger partial charge in [0, 0.05) is 31.8 Å². The van der Waals surface area contributed by atoms with Gasteiger partial charge in [-0.3, -0.25) is 0 Å². The second-order valence-electron chi connectivity index (χ2n) is 7.26. The molecular weight excluding hydrogens is 396 g/mol. The maximum atomic E-state index is 12.8. The number of rotatable bonds is 8. The Morgan fingerprint density at radius 3 is 2.48 bits per heavy atom. The third-order valence-electron chi connectivity index (χ3n) is 5.49. The van der Waals surface area contributed by atoms with Crippen molar-refractivity contribution in [3.8, 4) is 5.75 Å². The topological polar surface area (TPSA) is 74.2 Å². The summed E-state index contributed by atoms with van der Waals surface area (Å²) in [6.45, 7) is -0.129. The van der Waals surface area contributed by atoms with Crippen molar-refractivity contribution >= 4 is 28.4 Å². The first-order chi connectivity index (χ1) is 15.1. The molecule has 0 bridgehead atoms. The number of fused-ring (bicyclic) bond motifs is 2. The molecule has 4 rings (SSSR count). The van der Waals surface area contributed by atoms with Crippen LogP contribution in [-0.4, -0.2) is 44.5 Å². The largest absolute Gasteiger partial charge is 0.479 e. The van der Waals surface area contributed by atoms with Crippen molar-refractivity contribution in [1.82, 2.24) is 0 Å². The molecule has 1 aliphatic carbocycles. The van der Waals surface area contributed by atoms with Crippen molar-refractivity contribution < 1.29 is 28.8 Å². The monoisotopic (exact) mass is 420 g/mol. The molecule has 160 valence electrons. The van der Waals surface area contributed by atoms with E-state index in [-0.39, 0.29) is 20.0 Å². The van der Waals surface area contributed by atoms with Gasteiger partial charge in [-0.2, -0.15) is 0 Å². The summed E-state index contributed by atoms with van der Waals surface area (Å²) in [4.78, 5) is 12.8. The maximum Gasteiger partial charge on any atom is 0.341 e. The van der Waals surface area contributed by atoms with Crippen LogP contribution in [0.2, 0.25) is 0 Å². The fraction of sp³-hybridized carbons (Fsp3) is 0.240. The molecule has 0 aliphatic heterocycles. The predicted molar refractivity (Wildman–Crippen MR) is 117 cm³/mol. The minimum absolute atomic E-state index is 0.0331. The maximum absolute atomic E-state index is 12.8. The first kappa shape index (κ1) is 21.1. The Kier molecular flexibility index (Phi) is 6.04. The van der Waals surface area contributed by atoms with E-state index in [1.54, 1.807) is 7.11 Å². The van der Waals surface area contributed by atoms with Crippen LogP contribution in [0.15, 0.2) is 60.7 Å². The Morgan fingerprint density at radius 1 is 0.968 bits per heavy atom. The van der Waals surface area contributed by atoms with Crippen molar-refractivity contribution in [2.24, 2.45) is 0 Å². The lowest BCUT2D eigenvalue weighted by Crippen LogP contribution is -2.50. The molecule has 0 unspecified atom stereocenters. The molecule has 3 aromatic carbocycles. The van der Waals surface area contributed by atoms with Gasteiger partial charge in [-0.1, -0.05) is 60.7 Å². The van der Waals surface area contributed by atoms with Gasteiger partial charge in [0.05, 0.1) is 0 Å². The predicted octanol–water partition coefficient (Wildman–Crippen LogP) is 2.65. The van der Waals surface area contributed by atoms with E-state index in [0.29, 0.717) is 16.9 Å². The standard InChI is InChI=1S/C25H24O6/c1-28-15-30-21-12-11-17-7-3-5-9-19(17)22(21)23-20-10-6-4-8-18(20)13-14-25(23,24(26)27)31-16-29-2/h3-13H,14-16H2,1-2H3,(H,26,27)/t25-/m0/s1. The molecule has 6 heteroatoms. The Labute approximate surface area is 179 Å². The lowest BCUT2D eigenvalue weighted by Gasteiger charge is -2.34. The zero-order chi connectivity index (χ0) is 21.8. The average Bonchev–Trinajstić information content (AvgIpc) is 2.80. The first-order valence-electron chi connectivity index (χ1n) is 9.92. The fourth-order valence-electron chi connectivity index (χ4n) is 4.11. The van der Waals surface area contributed by atoms with Crippen LogP contribution in [0.3, 0.4) is 0 Å². The Hall–Kier alpha value is -3.19. The molecule has 0 radical (unpaired) electrons. The molecule has 0 saturated carbocycles. The van der Waals surface area contributed by atoms with Crippen LogP contribution in [0.1, 0.15) is 12.0 Å². The summed E-state index contributed by atoms with van der Waals surface area (Å²) < 4.78 is 22.1. The molecular formula is C25H24O6. The van der Waals surface area contributed by atoms with E-state index < -0.39 is 11.6 Å². The molecule has 6 nitrogen and oxygen atoms in total. The molecule has 0 amide bonds. The molecule has 1 aliphatic rings. The Balaban J connectivity index is 2.15. The zero-order valence-electron chi connectivity index (χ0n) is 17.5. The summed E-state index contributed by atoms with van der Waals surface area (Å²) in [7, 11) is 3.02. The van der Waals surface area contributed by atoms with Crippen LogP contribution in [0.4, 0.5) is 0 Å². The van der Waals surface area contributed by atoms with Crippen LogP contribution in [0.5, 0.6) is 5.75 Å². The first-order valence-corrected chi connectivity index (χ1v) is 9.92. The van der Waals surface area contributed by atoms with Crippen molar-refractivity contribution in [3.05, 3.63) is 76.7 Å². The van der Waals surface area contributed by atoms with Crippen molar-refractivity contribution in [1.29, 1.82) is 0 Å². The lowest BCUT2D eigenvalue weighted by atomic mass is 9.78. The zero-order valence-corrected chi connectivity index (χ0v) is 17.5. The minimum atomic E-state index is -1.64. The Bertz CT molecular complexity index is 1230. The van der Waals surface area contributed by atoms with Crippen LogP contribution < -0.4 is 15.2 Å².